The highest BCUT2D eigenvalue weighted by Gasteiger charge is 1.92. The van der Waals surface area contributed by atoms with Gasteiger partial charge in [0.15, 0.2) is 6.29 Å². The van der Waals surface area contributed by atoms with Gasteiger partial charge in [-0.3, -0.25) is 4.79 Å². The molecule has 2 N–H and O–H groups in total. The Bertz CT molecular complexity index is 450. The lowest BCUT2D eigenvalue weighted by atomic mass is 10.1. The van der Waals surface area contributed by atoms with Crippen LogP contribution in [-0.2, 0) is 0 Å². The van der Waals surface area contributed by atoms with Crippen molar-refractivity contribution in [2.45, 2.75) is 0 Å². The maximum absolute atomic E-state index is 10.3. The van der Waals surface area contributed by atoms with Crippen molar-refractivity contribution in [3.05, 3.63) is 72.3 Å². The summed E-state index contributed by atoms with van der Waals surface area (Å²) in [6.45, 7) is 3.58. The molecule has 2 rings (SSSR count). The lowest BCUT2D eigenvalue weighted by Gasteiger charge is -1.94. The maximum Gasteiger partial charge on any atom is 0.150 e. The number of hydrogen-bond donors (Lipinski definition) is 1. The van der Waals surface area contributed by atoms with E-state index in [1.54, 1.807) is 12.1 Å². The average Bonchev–Trinajstić information content (AvgIpc) is 2.40. The minimum atomic E-state index is 0.692. The van der Waals surface area contributed by atoms with Crippen LogP contribution in [0.4, 0.5) is 5.69 Å². The number of aldehydes is 1. The fraction of sp³-hybridized carbons (Fsp3) is 0. The van der Waals surface area contributed by atoms with Crippen LogP contribution in [0.1, 0.15) is 15.9 Å². The summed E-state index contributed by atoms with van der Waals surface area (Å²) in [7, 11) is 0. The first-order valence-electron chi connectivity index (χ1n) is 5.25. The number of benzene rings is 2. The summed E-state index contributed by atoms with van der Waals surface area (Å²) in [5.41, 5.74) is 7.76. The van der Waals surface area contributed by atoms with Crippen LogP contribution in [-0.4, -0.2) is 6.29 Å². The second kappa shape index (κ2) is 7.01. The summed E-state index contributed by atoms with van der Waals surface area (Å²) in [5.74, 6) is 0. The molecule has 0 aliphatic carbocycles. The van der Waals surface area contributed by atoms with Crippen LogP contribution in [0.25, 0.3) is 6.08 Å². The number of nitrogen functional groups attached to an aromatic ring is 1. The van der Waals surface area contributed by atoms with Crippen molar-refractivity contribution in [3.8, 4) is 0 Å². The van der Waals surface area contributed by atoms with Gasteiger partial charge in [0.1, 0.15) is 0 Å². The van der Waals surface area contributed by atoms with E-state index in [0.29, 0.717) is 5.56 Å². The van der Waals surface area contributed by atoms with Crippen LogP contribution < -0.4 is 5.73 Å². The smallest absolute Gasteiger partial charge is 0.150 e. The molecule has 86 valence electrons. The van der Waals surface area contributed by atoms with Gasteiger partial charge in [0, 0.05) is 11.3 Å². The Morgan fingerprint density at radius 1 is 0.882 bits per heavy atom. The van der Waals surface area contributed by atoms with Gasteiger partial charge >= 0.3 is 0 Å². The number of rotatable bonds is 2. The van der Waals surface area contributed by atoms with Crippen molar-refractivity contribution in [3.63, 3.8) is 0 Å². The Labute approximate surface area is 101 Å². The fourth-order valence-electron chi connectivity index (χ4n) is 1.26. The van der Waals surface area contributed by atoms with Crippen LogP contribution in [0.5, 0.6) is 0 Å². The van der Waals surface area contributed by atoms with E-state index < -0.39 is 0 Å². The molecule has 0 aliphatic rings. The number of carbonyl (C=O) groups excluding carboxylic acids is 1. The quantitative estimate of drug-likeness (QED) is 0.628. The lowest BCUT2D eigenvalue weighted by Crippen LogP contribution is -1.82. The Morgan fingerprint density at radius 2 is 1.41 bits per heavy atom. The van der Waals surface area contributed by atoms with Crippen molar-refractivity contribution >= 4 is 18.0 Å². The van der Waals surface area contributed by atoms with E-state index in [4.69, 9.17) is 5.73 Å². The summed E-state index contributed by atoms with van der Waals surface area (Å²) in [6.07, 6.45) is 2.50. The van der Waals surface area contributed by atoms with Crippen molar-refractivity contribution in [2.75, 3.05) is 5.73 Å². The first kappa shape index (κ1) is 12.7. The van der Waals surface area contributed by atoms with Gasteiger partial charge in [-0.1, -0.05) is 55.1 Å². The van der Waals surface area contributed by atoms with Crippen LogP contribution in [0, 0.1) is 0 Å². The number of para-hydroxylation sites is 1. The summed E-state index contributed by atoms with van der Waals surface area (Å²) in [5, 5.41) is 0. The number of nitrogens with two attached hydrogens (primary N) is 1. The summed E-state index contributed by atoms with van der Waals surface area (Å²) < 4.78 is 0. The Kier molecular flexibility index (Phi) is 5.25. The van der Waals surface area contributed by atoms with E-state index in [2.05, 4.69) is 6.58 Å². The molecule has 0 saturated heterocycles. The van der Waals surface area contributed by atoms with Gasteiger partial charge < -0.3 is 5.73 Å². The fourth-order valence-corrected chi connectivity index (χ4v) is 1.26. The Balaban J connectivity index is 0.000000181. The first-order valence-corrected chi connectivity index (χ1v) is 5.25. The third kappa shape index (κ3) is 4.34. The van der Waals surface area contributed by atoms with E-state index >= 15 is 0 Å². The average molecular weight is 225 g/mol. The molecule has 2 nitrogen and oxygen atoms in total. The van der Waals surface area contributed by atoms with Crippen molar-refractivity contribution < 1.29 is 4.79 Å². The maximum atomic E-state index is 10.3. The summed E-state index contributed by atoms with van der Waals surface area (Å²) in [6, 6.07) is 16.8. The molecule has 0 bridgehead atoms. The zero-order valence-corrected chi connectivity index (χ0v) is 9.54. The van der Waals surface area contributed by atoms with Gasteiger partial charge in [-0.05, 0) is 17.7 Å². The van der Waals surface area contributed by atoms with Crippen molar-refractivity contribution in [1.29, 1.82) is 0 Å². The number of anilines is 1. The monoisotopic (exact) mass is 225 g/mol. The van der Waals surface area contributed by atoms with Crippen molar-refractivity contribution in [2.24, 2.45) is 0 Å². The molecule has 2 aromatic carbocycles. The molecule has 0 unspecified atom stereocenters. The number of carbonyl (C=O) groups is 1. The van der Waals surface area contributed by atoms with Gasteiger partial charge in [0.05, 0.1) is 0 Å². The second-order valence-electron chi connectivity index (χ2n) is 3.36. The zero-order chi connectivity index (χ0) is 12.5. The minimum absolute atomic E-state index is 0.692. The Morgan fingerprint density at radius 3 is 1.76 bits per heavy atom. The molecule has 0 fully saturated rings. The summed E-state index contributed by atoms with van der Waals surface area (Å²) >= 11 is 0. The van der Waals surface area contributed by atoms with Crippen LogP contribution >= 0.6 is 0 Å². The second-order valence-corrected chi connectivity index (χ2v) is 3.36. The van der Waals surface area contributed by atoms with E-state index in [9.17, 15) is 4.79 Å². The van der Waals surface area contributed by atoms with Gasteiger partial charge in [0.2, 0.25) is 0 Å². The molecule has 0 heterocycles. The van der Waals surface area contributed by atoms with Gasteiger partial charge in [-0.25, -0.2) is 0 Å². The highest BCUT2D eigenvalue weighted by atomic mass is 16.1. The molecular weight excluding hydrogens is 210 g/mol. The van der Waals surface area contributed by atoms with Crippen molar-refractivity contribution in [1.82, 2.24) is 0 Å². The molecule has 0 aliphatic heterocycles. The van der Waals surface area contributed by atoms with Crippen LogP contribution in [0.2, 0.25) is 0 Å². The molecule has 17 heavy (non-hydrogen) atoms. The Hall–Kier alpha value is -2.35. The molecule has 0 saturated carbocycles. The molecule has 0 radical (unpaired) electrons. The molecule has 2 heteroatoms. The normalized spacial score (nSPS) is 8.71. The SMILES string of the molecule is C=Cc1ccccc1C=O.Nc1ccccc1. The standard InChI is InChI=1S/C9H8O.C6H7N/c1-2-8-5-3-4-6-9(8)7-10;7-6-4-2-1-3-5-6/h2-7H,1H2;1-5H,7H2. The minimum Gasteiger partial charge on any atom is -0.399 e. The molecule has 0 spiro atoms. The highest BCUT2D eigenvalue weighted by molar-refractivity contribution is 5.81. The molecule has 0 atom stereocenters. The van der Waals surface area contributed by atoms with Crippen LogP contribution in [0.3, 0.4) is 0 Å². The largest absolute Gasteiger partial charge is 0.399 e. The summed E-state index contributed by atoms with van der Waals surface area (Å²) in [4.78, 5) is 10.3. The van der Waals surface area contributed by atoms with E-state index in [1.165, 1.54) is 0 Å². The molecule has 0 aromatic heterocycles. The number of hydrogen-bond acceptors (Lipinski definition) is 2. The molecular formula is C15H15NO. The first-order chi connectivity index (χ1) is 8.27. The van der Waals surface area contributed by atoms with Gasteiger partial charge in [-0.15, -0.1) is 0 Å². The van der Waals surface area contributed by atoms with Gasteiger partial charge in [0.25, 0.3) is 0 Å². The highest BCUT2D eigenvalue weighted by Crippen LogP contribution is 2.06. The zero-order valence-electron chi connectivity index (χ0n) is 9.54. The predicted octanol–water partition coefficient (Wildman–Crippen LogP) is 3.41. The third-order valence-corrected chi connectivity index (χ3v) is 2.14. The third-order valence-electron chi connectivity index (χ3n) is 2.14. The van der Waals surface area contributed by atoms with E-state index in [0.717, 1.165) is 17.5 Å². The molecule has 2 aromatic rings. The van der Waals surface area contributed by atoms with E-state index in [-0.39, 0.29) is 0 Å². The van der Waals surface area contributed by atoms with Crippen LogP contribution in [0.15, 0.2) is 61.2 Å². The topological polar surface area (TPSA) is 43.1 Å². The lowest BCUT2D eigenvalue weighted by molar-refractivity contribution is 0.112. The predicted molar refractivity (Wildman–Crippen MR) is 72.8 cm³/mol. The molecule has 0 amide bonds. The van der Waals surface area contributed by atoms with Gasteiger partial charge in [-0.2, -0.15) is 0 Å². The van der Waals surface area contributed by atoms with E-state index in [1.807, 2.05) is 48.5 Å².